The number of rotatable bonds is 5. The van der Waals surface area contributed by atoms with Crippen molar-refractivity contribution in [2.75, 3.05) is 5.32 Å². The van der Waals surface area contributed by atoms with Gasteiger partial charge in [0.1, 0.15) is 5.69 Å². The molecule has 4 rings (SSSR count). The van der Waals surface area contributed by atoms with Crippen molar-refractivity contribution >= 4 is 33.3 Å². The van der Waals surface area contributed by atoms with Crippen LogP contribution in [0.4, 0.5) is 5.13 Å². The number of para-hydroxylation sites is 1. The largest absolute Gasteiger partial charge is 0.356 e. The molecule has 5 nitrogen and oxygen atoms in total. The predicted molar refractivity (Wildman–Crippen MR) is 103 cm³/mol. The molecule has 6 heteroatoms. The number of benzene rings is 2. The zero-order chi connectivity index (χ0) is 17.9. The normalized spacial score (nSPS) is 11.0. The fourth-order valence-electron chi connectivity index (χ4n) is 2.76. The third-order valence-corrected chi connectivity index (χ3v) is 4.95. The van der Waals surface area contributed by atoms with Crippen LogP contribution in [0, 0.1) is 0 Å². The van der Waals surface area contributed by atoms with E-state index in [0.29, 0.717) is 16.4 Å². The Kier molecular flexibility index (Phi) is 4.50. The van der Waals surface area contributed by atoms with Crippen LogP contribution >= 0.6 is 11.3 Å². The molecule has 0 aliphatic heterocycles. The molecule has 0 saturated heterocycles. The summed E-state index contributed by atoms with van der Waals surface area (Å²) in [6.45, 7) is 2.13. The van der Waals surface area contributed by atoms with Gasteiger partial charge in [-0.1, -0.05) is 48.5 Å². The number of hydrogen-bond acceptors (Lipinski definition) is 5. The number of aromatic nitrogens is 2. The number of thiazole rings is 1. The molecule has 2 aromatic carbocycles. The highest BCUT2D eigenvalue weighted by Gasteiger charge is 2.14. The van der Waals surface area contributed by atoms with Gasteiger partial charge in [0.2, 0.25) is 5.91 Å². The molecule has 2 heterocycles. The molecule has 26 heavy (non-hydrogen) atoms. The van der Waals surface area contributed by atoms with Gasteiger partial charge in [-0.15, -0.1) is 11.3 Å². The molecule has 0 aliphatic carbocycles. The lowest BCUT2D eigenvalue weighted by Gasteiger charge is -2.00. The zero-order valence-electron chi connectivity index (χ0n) is 14.2. The Hall–Kier alpha value is -2.99. The Balaban J connectivity index is 1.45. The highest BCUT2D eigenvalue weighted by molar-refractivity contribution is 7.14. The Morgan fingerprint density at radius 2 is 1.96 bits per heavy atom. The number of hydrogen-bond donors (Lipinski definition) is 1. The Morgan fingerprint density at radius 3 is 2.77 bits per heavy atom. The molecule has 0 aliphatic rings. The Bertz CT molecular complexity index is 1050. The average molecular weight is 363 g/mol. The topological polar surface area (TPSA) is 68.0 Å². The minimum absolute atomic E-state index is 0.150. The first kappa shape index (κ1) is 16.5. The molecule has 0 unspecified atom stereocenters. The van der Waals surface area contributed by atoms with Gasteiger partial charge in [0, 0.05) is 16.3 Å². The molecule has 4 aromatic rings. The lowest BCUT2D eigenvalue weighted by molar-refractivity contribution is -0.115. The number of carbonyl (C=O) groups excluding carboxylic acids is 1. The van der Waals surface area contributed by atoms with Crippen molar-refractivity contribution in [3.63, 3.8) is 0 Å². The first-order valence-electron chi connectivity index (χ1n) is 8.41. The maximum Gasteiger partial charge on any atom is 0.232 e. The minimum Gasteiger partial charge on any atom is -0.356 e. The Morgan fingerprint density at radius 1 is 1.15 bits per heavy atom. The fourth-order valence-corrected chi connectivity index (χ4v) is 3.49. The molecule has 0 saturated carbocycles. The smallest absolute Gasteiger partial charge is 0.232 e. The second kappa shape index (κ2) is 7.09. The van der Waals surface area contributed by atoms with Gasteiger partial charge in [-0.2, -0.15) is 0 Å². The Labute approximate surface area is 154 Å². The van der Waals surface area contributed by atoms with Crippen LogP contribution < -0.4 is 5.32 Å². The van der Waals surface area contributed by atoms with Gasteiger partial charge in [0.05, 0.1) is 12.1 Å². The molecule has 1 N–H and O–H groups in total. The van der Waals surface area contributed by atoms with Crippen molar-refractivity contribution in [1.29, 1.82) is 0 Å². The van der Waals surface area contributed by atoms with Gasteiger partial charge in [-0.05, 0) is 24.1 Å². The fraction of sp³-hybridized carbons (Fsp3) is 0.150. The molecule has 0 atom stereocenters. The molecule has 0 fully saturated rings. The van der Waals surface area contributed by atoms with Crippen LogP contribution in [0.15, 0.2) is 58.4 Å². The van der Waals surface area contributed by atoms with Crippen molar-refractivity contribution in [2.24, 2.45) is 0 Å². The molecule has 1 amide bonds. The van der Waals surface area contributed by atoms with Crippen LogP contribution in [-0.2, 0) is 17.6 Å². The third-order valence-electron chi connectivity index (χ3n) is 4.19. The van der Waals surface area contributed by atoms with E-state index in [2.05, 4.69) is 46.6 Å². The summed E-state index contributed by atoms with van der Waals surface area (Å²) >= 11 is 1.41. The number of anilines is 1. The van der Waals surface area contributed by atoms with Crippen LogP contribution in [0.2, 0.25) is 0 Å². The minimum atomic E-state index is -0.161. The first-order valence-corrected chi connectivity index (χ1v) is 9.29. The van der Waals surface area contributed by atoms with E-state index in [1.807, 2.05) is 29.6 Å². The summed E-state index contributed by atoms with van der Waals surface area (Å²) in [6, 6.07) is 15.8. The summed E-state index contributed by atoms with van der Waals surface area (Å²) in [6.07, 6.45) is 1.16. The first-order chi connectivity index (χ1) is 12.7. The highest BCUT2D eigenvalue weighted by Crippen LogP contribution is 2.25. The lowest BCUT2D eigenvalue weighted by atomic mass is 10.1. The number of aryl methyl sites for hydroxylation is 1. The maximum absolute atomic E-state index is 12.3. The van der Waals surface area contributed by atoms with E-state index in [-0.39, 0.29) is 12.3 Å². The highest BCUT2D eigenvalue weighted by atomic mass is 32.1. The monoisotopic (exact) mass is 363 g/mol. The van der Waals surface area contributed by atoms with Crippen LogP contribution in [-0.4, -0.2) is 16.0 Å². The third kappa shape index (κ3) is 3.36. The average Bonchev–Trinajstić information content (AvgIpc) is 3.29. The standard InChI is InChI=1S/C20H17N3O2S/c1-2-13-7-9-14(10-8-13)17-12-26-20(21-17)22-19(24)11-16-15-5-3-4-6-18(15)25-23-16/h3-10,12H,2,11H2,1H3,(H,21,22,24). The maximum atomic E-state index is 12.3. The molecule has 0 bridgehead atoms. The summed E-state index contributed by atoms with van der Waals surface area (Å²) < 4.78 is 5.24. The second-order valence-corrected chi connectivity index (χ2v) is 6.80. The zero-order valence-corrected chi connectivity index (χ0v) is 15.0. The van der Waals surface area contributed by atoms with Gasteiger partial charge >= 0.3 is 0 Å². The van der Waals surface area contributed by atoms with Crippen LogP contribution in [0.5, 0.6) is 0 Å². The SMILES string of the molecule is CCc1ccc(-c2csc(NC(=O)Cc3noc4ccccc34)n2)cc1. The molecular formula is C20H17N3O2S. The second-order valence-electron chi connectivity index (χ2n) is 5.94. The molecule has 0 spiro atoms. The van der Waals surface area contributed by atoms with Crippen molar-refractivity contribution < 1.29 is 9.32 Å². The van der Waals surface area contributed by atoms with E-state index in [0.717, 1.165) is 23.1 Å². The van der Waals surface area contributed by atoms with E-state index in [1.165, 1.54) is 16.9 Å². The van der Waals surface area contributed by atoms with E-state index in [9.17, 15) is 4.79 Å². The summed E-state index contributed by atoms with van der Waals surface area (Å²) in [4.78, 5) is 16.8. The molecule has 130 valence electrons. The van der Waals surface area contributed by atoms with Crippen LogP contribution in [0.1, 0.15) is 18.2 Å². The van der Waals surface area contributed by atoms with Crippen LogP contribution in [0.3, 0.4) is 0 Å². The number of nitrogens with zero attached hydrogens (tertiary/aromatic N) is 2. The number of amides is 1. The van der Waals surface area contributed by atoms with E-state index < -0.39 is 0 Å². The van der Waals surface area contributed by atoms with Gasteiger partial charge in [0.15, 0.2) is 10.7 Å². The predicted octanol–water partition coefficient (Wildman–Crippen LogP) is 4.69. The number of carbonyl (C=O) groups is 1. The summed E-state index contributed by atoms with van der Waals surface area (Å²) in [7, 11) is 0. The molecular weight excluding hydrogens is 346 g/mol. The molecule has 0 radical (unpaired) electrons. The van der Waals surface area contributed by atoms with Crippen molar-refractivity contribution in [3.8, 4) is 11.3 Å². The number of nitrogens with one attached hydrogen (secondary N) is 1. The molecule has 2 aromatic heterocycles. The van der Waals surface area contributed by atoms with Gasteiger partial charge < -0.3 is 9.84 Å². The van der Waals surface area contributed by atoms with E-state index >= 15 is 0 Å². The summed E-state index contributed by atoms with van der Waals surface area (Å²) in [5.74, 6) is -0.161. The quantitative estimate of drug-likeness (QED) is 0.558. The van der Waals surface area contributed by atoms with Crippen LogP contribution in [0.25, 0.3) is 22.2 Å². The van der Waals surface area contributed by atoms with Gasteiger partial charge in [0.25, 0.3) is 0 Å². The summed E-state index contributed by atoms with van der Waals surface area (Å²) in [5.41, 5.74) is 4.51. The van der Waals surface area contributed by atoms with Gasteiger partial charge in [-0.25, -0.2) is 4.98 Å². The van der Waals surface area contributed by atoms with Crippen molar-refractivity contribution in [1.82, 2.24) is 10.1 Å². The summed E-state index contributed by atoms with van der Waals surface area (Å²) in [5, 5.41) is 10.2. The van der Waals surface area contributed by atoms with Crippen molar-refractivity contribution in [3.05, 3.63) is 65.2 Å². The van der Waals surface area contributed by atoms with Gasteiger partial charge in [-0.3, -0.25) is 4.79 Å². The van der Waals surface area contributed by atoms with Crippen molar-refractivity contribution in [2.45, 2.75) is 19.8 Å². The van der Waals surface area contributed by atoms with E-state index in [4.69, 9.17) is 4.52 Å². The lowest BCUT2D eigenvalue weighted by Crippen LogP contribution is -2.14. The number of fused-ring (bicyclic) bond motifs is 1. The van der Waals surface area contributed by atoms with E-state index in [1.54, 1.807) is 0 Å².